The maximum absolute atomic E-state index is 13.0. The fourth-order valence-electron chi connectivity index (χ4n) is 4.32. The Bertz CT molecular complexity index is 1440. The van der Waals surface area contributed by atoms with E-state index in [4.69, 9.17) is 9.47 Å². The monoisotopic (exact) mass is 525 g/mol. The highest BCUT2D eigenvalue weighted by molar-refractivity contribution is 5.88. The number of nitrogens with zero attached hydrogens (tertiary/aromatic N) is 4. The van der Waals surface area contributed by atoms with Crippen molar-refractivity contribution in [2.45, 2.75) is 44.8 Å². The van der Waals surface area contributed by atoms with Gasteiger partial charge in [-0.2, -0.15) is 23.4 Å². The van der Waals surface area contributed by atoms with Crippen LogP contribution in [0.5, 0.6) is 5.75 Å². The number of halogens is 3. The van der Waals surface area contributed by atoms with Crippen LogP contribution in [-0.4, -0.2) is 32.1 Å². The molecule has 2 aromatic heterocycles. The molecule has 198 valence electrons. The normalized spacial score (nSPS) is 15.9. The number of carbonyl (C=O) groups is 1. The van der Waals surface area contributed by atoms with E-state index in [0.29, 0.717) is 28.0 Å². The molecule has 8 nitrogen and oxygen atoms in total. The minimum Gasteiger partial charge on any atom is -0.487 e. The third-order valence-electron chi connectivity index (χ3n) is 6.28. The molecule has 4 aromatic rings. The first-order valence-electron chi connectivity index (χ1n) is 12.2. The van der Waals surface area contributed by atoms with E-state index in [1.54, 1.807) is 22.9 Å². The number of ether oxygens (including phenoxy) is 2. The van der Waals surface area contributed by atoms with Gasteiger partial charge in [-0.3, -0.25) is 4.79 Å². The minimum atomic E-state index is -4.43. The lowest BCUT2D eigenvalue weighted by atomic mass is 10.1. The van der Waals surface area contributed by atoms with Crippen molar-refractivity contribution in [1.29, 1.82) is 0 Å². The summed E-state index contributed by atoms with van der Waals surface area (Å²) in [5.41, 5.74) is 1.63. The van der Waals surface area contributed by atoms with Crippen LogP contribution in [-0.2, 0) is 28.9 Å². The second kappa shape index (κ2) is 10.7. The number of carbonyl (C=O) groups excluding carboxylic acids is 1. The molecule has 11 heteroatoms. The molecule has 0 saturated carbocycles. The number of hydrogen-bond acceptors (Lipinski definition) is 5. The van der Waals surface area contributed by atoms with Gasteiger partial charge in [-0.05, 0) is 73.9 Å². The average molecular weight is 526 g/mol. The molecule has 38 heavy (non-hydrogen) atoms. The molecule has 0 spiro atoms. The van der Waals surface area contributed by atoms with Crippen molar-refractivity contribution in [3.8, 4) is 11.4 Å². The zero-order valence-electron chi connectivity index (χ0n) is 20.4. The van der Waals surface area contributed by atoms with Crippen molar-refractivity contribution >= 4 is 16.8 Å². The highest BCUT2D eigenvalue weighted by Gasteiger charge is 2.30. The number of hydrogen-bond donors (Lipinski definition) is 1. The van der Waals surface area contributed by atoms with Gasteiger partial charge in [-0.25, -0.2) is 9.36 Å². The first-order valence-corrected chi connectivity index (χ1v) is 12.2. The van der Waals surface area contributed by atoms with Crippen molar-refractivity contribution in [2.24, 2.45) is 0 Å². The van der Waals surface area contributed by atoms with E-state index in [1.807, 2.05) is 16.9 Å². The summed E-state index contributed by atoms with van der Waals surface area (Å²) in [6.07, 6.45) is 1.63. The number of alkyl halides is 3. The average Bonchev–Trinajstić information content (AvgIpc) is 3.55. The molecule has 1 N–H and O–H groups in total. The van der Waals surface area contributed by atoms with Gasteiger partial charge < -0.3 is 14.8 Å². The van der Waals surface area contributed by atoms with Gasteiger partial charge in [0, 0.05) is 18.2 Å². The molecule has 1 fully saturated rings. The summed E-state index contributed by atoms with van der Waals surface area (Å²) >= 11 is 0. The van der Waals surface area contributed by atoms with Crippen LogP contribution in [0.4, 0.5) is 13.2 Å². The molecule has 1 aliphatic rings. The van der Waals surface area contributed by atoms with E-state index in [2.05, 4.69) is 22.1 Å². The first kappa shape index (κ1) is 25.5. The number of rotatable bonds is 8. The maximum atomic E-state index is 13.0. The van der Waals surface area contributed by atoms with Crippen molar-refractivity contribution in [1.82, 2.24) is 24.9 Å². The molecule has 1 aliphatic heterocycles. The van der Waals surface area contributed by atoms with Crippen LogP contribution in [0.15, 0.2) is 67.4 Å². The van der Waals surface area contributed by atoms with Crippen molar-refractivity contribution in [3.63, 3.8) is 0 Å². The summed E-state index contributed by atoms with van der Waals surface area (Å²) in [7, 11) is 0. The standard InChI is InChI=1S/C27H26F3N5O3/c1-2-25(36)31-16-23-22-15-21(38-17-19-12-13-34(32-19)26-5-3-4-14-37-26)10-11-24(22)35(33-23)20-8-6-18(7-9-20)27(28,29)30/h2,6-13,15,26H,1,3-5,14,16-17H2,(H,31,36). The topological polar surface area (TPSA) is 83.2 Å². The Kier molecular flexibility index (Phi) is 7.19. The molecule has 0 bridgehead atoms. The van der Waals surface area contributed by atoms with E-state index < -0.39 is 11.7 Å². The Morgan fingerprint density at radius 1 is 1.16 bits per heavy atom. The minimum absolute atomic E-state index is 0.0572. The van der Waals surface area contributed by atoms with Gasteiger partial charge in [0.05, 0.1) is 34.7 Å². The number of aromatic nitrogens is 4. The number of nitrogens with one attached hydrogen (secondary N) is 1. The fourth-order valence-corrected chi connectivity index (χ4v) is 4.32. The number of benzene rings is 2. The van der Waals surface area contributed by atoms with E-state index in [-0.39, 0.29) is 25.3 Å². The summed E-state index contributed by atoms with van der Waals surface area (Å²) in [5, 5.41) is 12.5. The molecular weight excluding hydrogens is 499 g/mol. The lowest BCUT2D eigenvalue weighted by molar-refractivity contribution is -0.137. The van der Waals surface area contributed by atoms with E-state index >= 15 is 0 Å². The van der Waals surface area contributed by atoms with Crippen molar-refractivity contribution in [3.05, 3.63) is 84.3 Å². The van der Waals surface area contributed by atoms with Crippen molar-refractivity contribution < 1.29 is 27.4 Å². The molecular formula is C27H26F3N5O3. The van der Waals surface area contributed by atoms with E-state index in [9.17, 15) is 18.0 Å². The molecule has 1 unspecified atom stereocenters. The highest BCUT2D eigenvalue weighted by Crippen LogP contribution is 2.31. The molecule has 1 amide bonds. The largest absolute Gasteiger partial charge is 0.487 e. The summed E-state index contributed by atoms with van der Waals surface area (Å²) in [6.45, 7) is 4.52. The van der Waals surface area contributed by atoms with Gasteiger partial charge in [-0.15, -0.1) is 0 Å². The smallest absolute Gasteiger partial charge is 0.416 e. The molecule has 5 rings (SSSR count). The fraction of sp³-hybridized carbons (Fsp3) is 0.296. The SMILES string of the molecule is C=CC(=O)NCc1nn(-c2ccc(C(F)(F)F)cc2)c2ccc(OCc3ccn(C4CCCCO4)n3)cc12. The van der Waals surface area contributed by atoms with Gasteiger partial charge in [0.15, 0.2) is 0 Å². The quantitative estimate of drug-likeness (QED) is 0.315. The van der Waals surface area contributed by atoms with Crippen LogP contribution in [0.3, 0.4) is 0 Å². The summed E-state index contributed by atoms with van der Waals surface area (Å²) in [6, 6.07) is 12.0. The molecule has 0 radical (unpaired) electrons. The van der Waals surface area contributed by atoms with Gasteiger partial charge in [0.25, 0.3) is 0 Å². The second-order valence-corrected chi connectivity index (χ2v) is 8.90. The zero-order valence-corrected chi connectivity index (χ0v) is 20.4. The maximum Gasteiger partial charge on any atom is 0.416 e. The van der Waals surface area contributed by atoms with Crippen LogP contribution in [0, 0.1) is 0 Å². The van der Waals surface area contributed by atoms with Crippen LogP contribution in [0.2, 0.25) is 0 Å². The summed E-state index contributed by atoms with van der Waals surface area (Å²) in [5.74, 6) is 0.191. The van der Waals surface area contributed by atoms with Gasteiger partial charge in [0.2, 0.25) is 5.91 Å². The number of fused-ring (bicyclic) bond motifs is 1. The van der Waals surface area contributed by atoms with E-state index in [1.165, 1.54) is 12.1 Å². The van der Waals surface area contributed by atoms with Crippen LogP contribution in [0.25, 0.3) is 16.6 Å². The van der Waals surface area contributed by atoms with Gasteiger partial charge >= 0.3 is 6.18 Å². The summed E-state index contributed by atoms with van der Waals surface area (Å²) in [4.78, 5) is 11.8. The third-order valence-corrected chi connectivity index (χ3v) is 6.28. The Morgan fingerprint density at radius 3 is 2.68 bits per heavy atom. The Hall–Kier alpha value is -4.12. The molecule has 2 aromatic carbocycles. The van der Waals surface area contributed by atoms with Gasteiger partial charge in [0.1, 0.15) is 18.6 Å². The third kappa shape index (κ3) is 5.57. The highest BCUT2D eigenvalue weighted by atomic mass is 19.4. The van der Waals surface area contributed by atoms with Crippen LogP contribution in [0.1, 0.15) is 42.4 Å². The Labute approximate surface area is 216 Å². The lowest BCUT2D eigenvalue weighted by Gasteiger charge is -2.22. The van der Waals surface area contributed by atoms with E-state index in [0.717, 1.165) is 49.8 Å². The predicted molar refractivity (Wildman–Crippen MR) is 134 cm³/mol. The zero-order chi connectivity index (χ0) is 26.7. The van der Waals surface area contributed by atoms with Crippen molar-refractivity contribution in [2.75, 3.05) is 6.61 Å². The second-order valence-electron chi connectivity index (χ2n) is 8.90. The lowest BCUT2D eigenvalue weighted by Crippen LogP contribution is -2.20. The Morgan fingerprint density at radius 2 is 1.97 bits per heavy atom. The molecule has 3 heterocycles. The molecule has 0 aliphatic carbocycles. The van der Waals surface area contributed by atoms with Crippen LogP contribution < -0.4 is 10.1 Å². The first-order chi connectivity index (χ1) is 18.3. The van der Waals surface area contributed by atoms with Crippen LogP contribution >= 0.6 is 0 Å². The summed E-state index contributed by atoms with van der Waals surface area (Å²) < 4.78 is 54.2. The molecule has 1 saturated heterocycles. The predicted octanol–water partition coefficient (Wildman–Crippen LogP) is 5.32. The molecule has 1 atom stereocenters. The van der Waals surface area contributed by atoms with Gasteiger partial charge in [-0.1, -0.05) is 6.58 Å². The number of amides is 1. The Balaban J connectivity index is 1.39.